The average molecular weight is 357 g/mol. The van der Waals surface area contributed by atoms with Crippen LogP contribution < -0.4 is 11.5 Å². The minimum absolute atomic E-state index is 0.308. The second kappa shape index (κ2) is 6.79. The van der Waals surface area contributed by atoms with Crippen molar-refractivity contribution in [3.63, 3.8) is 0 Å². The van der Waals surface area contributed by atoms with Gasteiger partial charge in [0, 0.05) is 27.6 Å². The summed E-state index contributed by atoms with van der Waals surface area (Å²) in [6.07, 6.45) is 0. The Morgan fingerprint density at radius 3 is 2.41 bits per heavy atom. The second-order valence-corrected chi connectivity index (χ2v) is 6.48. The Morgan fingerprint density at radius 2 is 1.67 bits per heavy atom. The van der Waals surface area contributed by atoms with Gasteiger partial charge < -0.3 is 16.6 Å². The normalized spacial score (nSPS) is 12.4. The fourth-order valence-electron chi connectivity index (χ4n) is 3.38. The third-order valence-corrected chi connectivity index (χ3v) is 4.71. The first-order valence-corrected chi connectivity index (χ1v) is 8.68. The van der Waals surface area contributed by atoms with E-state index in [0.29, 0.717) is 16.8 Å². The molecule has 4 rings (SSSR count). The number of fused-ring (bicyclic) bond motifs is 2. The first-order chi connectivity index (χ1) is 13.1. The van der Waals surface area contributed by atoms with E-state index < -0.39 is 12.6 Å². The molecule has 1 aromatic heterocycles. The summed E-state index contributed by atoms with van der Waals surface area (Å²) in [6, 6.07) is 19.8. The minimum atomic E-state index is -0.971. The number of carbonyl (C=O) groups is 1. The van der Waals surface area contributed by atoms with E-state index in [4.69, 9.17) is 16.5 Å². The molecule has 1 atom stereocenters. The lowest BCUT2D eigenvalue weighted by molar-refractivity contribution is 0.0927. The molecule has 0 unspecified atom stereocenters. The fourth-order valence-corrected chi connectivity index (χ4v) is 3.38. The van der Waals surface area contributed by atoms with Crippen molar-refractivity contribution in [3.8, 4) is 11.1 Å². The third-order valence-electron chi connectivity index (χ3n) is 4.71. The molecule has 0 amide bonds. The van der Waals surface area contributed by atoms with E-state index in [0.717, 1.165) is 27.4 Å². The number of anilines is 1. The summed E-state index contributed by atoms with van der Waals surface area (Å²) in [7, 11) is 0. The highest BCUT2D eigenvalue weighted by atomic mass is 16.3. The Morgan fingerprint density at radius 1 is 0.963 bits per heavy atom. The number of aliphatic hydroxyl groups excluding tert-OH is 1. The Hall–Kier alpha value is -3.28. The fraction of sp³-hybridized carbons (Fsp3) is 0.0909. The summed E-state index contributed by atoms with van der Waals surface area (Å²) in [5, 5.41) is 11.0. The molecule has 27 heavy (non-hydrogen) atoms. The summed E-state index contributed by atoms with van der Waals surface area (Å²) < 4.78 is 0. The van der Waals surface area contributed by atoms with Gasteiger partial charge in [0.25, 0.3) is 0 Å². The first-order valence-electron chi connectivity index (χ1n) is 8.68. The minimum Gasteiger partial charge on any atom is -0.399 e. The molecule has 0 saturated carbocycles. The van der Waals surface area contributed by atoms with E-state index in [9.17, 15) is 9.90 Å². The number of aromatic nitrogens is 1. The molecule has 0 radical (unpaired) electrons. The zero-order valence-electron chi connectivity index (χ0n) is 14.6. The van der Waals surface area contributed by atoms with E-state index in [-0.39, 0.29) is 5.78 Å². The van der Waals surface area contributed by atoms with Gasteiger partial charge in [0.15, 0.2) is 5.78 Å². The summed E-state index contributed by atoms with van der Waals surface area (Å²) >= 11 is 0. The molecular formula is C22H19N3O2. The zero-order valence-corrected chi connectivity index (χ0v) is 14.6. The van der Waals surface area contributed by atoms with Gasteiger partial charge >= 0.3 is 0 Å². The van der Waals surface area contributed by atoms with Gasteiger partial charge in [0.1, 0.15) is 0 Å². The lowest BCUT2D eigenvalue weighted by atomic mass is 9.91. The lowest BCUT2D eigenvalue weighted by Gasteiger charge is -2.16. The molecule has 3 aromatic carbocycles. The highest BCUT2D eigenvalue weighted by molar-refractivity contribution is 6.19. The van der Waals surface area contributed by atoms with E-state index in [1.807, 2.05) is 54.6 Å². The Balaban J connectivity index is 2.15. The standard InChI is InChI=1S/C22H19N3O2/c23-14-10-8-13(9-11-14)20-15-4-1-2-6-18(15)25-19-7-3-5-16(21(19)20)22(27)17(24)12-26/h1-11,17,26H,12,23-24H2/t17-/m0/s1. The smallest absolute Gasteiger partial charge is 0.182 e. The van der Waals surface area contributed by atoms with Crippen LogP contribution in [0.2, 0.25) is 0 Å². The maximum absolute atomic E-state index is 12.8. The van der Waals surface area contributed by atoms with Crippen LogP contribution in [0.3, 0.4) is 0 Å². The van der Waals surface area contributed by atoms with Crippen molar-refractivity contribution < 1.29 is 9.90 Å². The van der Waals surface area contributed by atoms with E-state index in [1.54, 1.807) is 12.1 Å². The zero-order chi connectivity index (χ0) is 19.0. The highest BCUT2D eigenvalue weighted by Gasteiger charge is 2.21. The number of hydrogen-bond donors (Lipinski definition) is 3. The molecule has 0 saturated heterocycles. The van der Waals surface area contributed by atoms with Crippen molar-refractivity contribution >= 4 is 33.3 Å². The molecule has 5 N–H and O–H groups in total. The monoisotopic (exact) mass is 357 g/mol. The number of aliphatic hydroxyl groups is 1. The van der Waals surface area contributed by atoms with Crippen LogP contribution in [0.1, 0.15) is 10.4 Å². The highest BCUT2D eigenvalue weighted by Crippen LogP contribution is 2.37. The van der Waals surface area contributed by atoms with Crippen molar-refractivity contribution in [2.45, 2.75) is 6.04 Å². The number of nitrogen functional groups attached to an aromatic ring is 1. The number of para-hydroxylation sites is 1. The summed E-state index contributed by atoms with van der Waals surface area (Å²) in [6.45, 7) is -0.409. The number of hydrogen-bond acceptors (Lipinski definition) is 5. The van der Waals surface area contributed by atoms with E-state index >= 15 is 0 Å². The predicted octanol–water partition coefficient (Wildman–Crippen LogP) is 3.14. The van der Waals surface area contributed by atoms with Crippen molar-refractivity contribution in [2.75, 3.05) is 12.3 Å². The van der Waals surface area contributed by atoms with Crippen LogP contribution in [-0.2, 0) is 0 Å². The molecule has 1 heterocycles. The summed E-state index contributed by atoms with van der Waals surface area (Å²) in [5.74, 6) is -0.308. The SMILES string of the molecule is Nc1ccc(-c2c3ccccc3nc3cccc(C(=O)[C@@H](N)CO)c23)cc1. The van der Waals surface area contributed by atoms with Gasteiger partial charge in [0.2, 0.25) is 0 Å². The van der Waals surface area contributed by atoms with Crippen LogP contribution in [0.15, 0.2) is 66.7 Å². The molecule has 0 spiro atoms. The average Bonchev–Trinajstić information content (AvgIpc) is 2.71. The maximum atomic E-state index is 12.8. The Kier molecular flexibility index (Phi) is 4.32. The molecule has 134 valence electrons. The molecule has 0 aliphatic rings. The van der Waals surface area contributed by atoms with Crippen LogP contribution >= 0.6 is 0 Å². The maximum Gasteiger partial charge on any atom is 0.182 e. The molecule has 0 aliphatic heterocycles. The molecule has 5 heteroatoms. The Bertz CT molecular complexity index is 1150. The van der Waals surface area contributed by atoms with Gasteiger partial charge in [-0.05, 0) is 29.8 Å². The van der Waals surface area contributed by atoms with Crippen LogP contribution in [0, 0.1) is 0 Å². The van der Waals surface area contributed by atoms with E-state index in [2.05, 4.69) is 0 Å². The van der Waals surface area contributed by atoms with Crippen molar-refractivity contribution in [2.24, 2.45) is 5.73 Å². The number of nitrogens with two attached hydrogens (primary N) is 2. The second-order valence-electron chi connectivity index (χ2n) is 6.48. The van der Waals surface area contributed by atoms with Crippen LogP contribution in [-0.4, -0.2) is 28.5 Å². The van der Waals surface area contributed by atoms with Gasteiger partial charge in [-0.15, -0.1) is 0 Å². The lowest BCUT2D eigenvalue weighted by Crippen LogP contribution is -2.34. The van der Waals surface area contributed by atoms with Crippen molar-refractivity contribution in [1.29, 1.82) is 0 Å². The molecule has 0 aliphatic carbocycles. The Labute approximate surface area is 156 Å². The molecule has 0 fully saturated rings. The van der Waals surface area contributed by atoms with Crippen LogP contribution in [0.25, 0.3) is 32.9 Å². The summed E-state index contributed by atoms with van der Waals surface area (Å²) in [4.78, 5) is 17.6. The van der Waals surface area contributed by atoms with Gasteiger partial charge in [-0.25, -0.2) is 4.98 Å². The number of nitrogens with zero attached hydrogens (tertiary/aromatic N) is 1. The number of Topliss-reactive ketones (excluding diaryl/α,β-unsaturated/α-hetero) is 1. The van der Waals surface area contributed by atoms with Gasteiger partial charge in [-0.3, -0.25) is 4.79 Å². The number of carbonyl (C=O) groups excluding carboxylic acids is 1. The van der Waals surface area contributed by atoms with Gasteiger partial charge in [0.05, 0.1) is 23.7 Å². The van der Waals surface area contributed by atoms with Gasteiger partial charge in [-0.2, -0.15) is 0 Å². The molecule has 4 aromatic rings. The largest absolute Gasteiger partial charge is 0.399 e. The first kappa shape index (κ1) is 17.1. The molecule has 5 nitrogen and oxygen atoms in total. The third kappa shape index (κ3) is 2.93. The number of rotatable bonds is 4. The number of ketones is 1. The quantitative estimate of drug-likeness (QED) is 0.296. The summed E-state index contributed by atoms with van der Waals surface area (Å²) in [5.41, 5.74) is 16.2. The van der Waals surface area contributed by atoms with Crippen LogP contribution in [0.5, 0.6) is 0 Å². The number of pyridine rings is 1. The molecular weight excluding hydrogens is 338 g/mol. The predicted molar refractivity (Wildman–Crippen MR) is 108 cm³/mol. The van der Waals surface area contributed by atoms with Crippen molar-refractivity contribution in [1.82, 2.24) is 4.98 Å². The number of benzene rings is 3. The van der Waals surface area contributed by atoms with Crippen LogP contribution in [0.4, 0.5) is 5.69 Å². The van der Waals surface area contributed by atoms with E-state index in [1.165, 1.54) is 0 Å². The van der Waals surface area contributed by atoms with Crippen molar-refractivity contribution in [3.05, 3.63) is 72.3 Å². The van der Waals surface area contributed by atoms with Gasteiger partial charge in [-0.1, -0.05) is 42.5 Å². The molecule has 0 bridgehead atoms. The topological polar surface area (TPSA) is 102 Å².